The summed E-state index contributed by atoms with van der Waals surface area (Å²) in [6.07, 6.45) is 5.30. The van der Waals surface area contributed by atoms with Crippen LogP contribution in [0.25, 0.3) is 11.1 Å². The highest BCUT2D eigenvalue weighted by Crippen LogP contribution is 2.52. The minimum absolute atomic E-state index is 0.163. The Bertz CT molecular complexity index is 1000. The van der Waals surface area contributed by atoms with Gasteiger partial charge in [-0.2, -0.15) is 0 Å². The molecule has 1 aromatic carbocycles. The van der Waals surface area contributed by atoms with Gasteiger partial charge in [-0.25, -0.2) is 4.99 Å². The average molecular weight is 330 g/mol. The number of hydrogen-bond donors (Lipinski definition) is 1. The Kier molecular flexibility index (Phi) is 2.82. The van der Waals surface area contributed by atoms with Gasteiger partial charge < -0.3 is 15.2 Å². The third-order valence-corrected chi connectivity index (χ3v) is 4.54. The van der Waals surface area contributed by atoms with Crippen LogP contribution in [0, 0.1) is 0 Å². The topological polar surface area (TPSA) is 82.6 Å². The van der Waals surface area contributed by atoms with Crippen LogP contribution in [-0.4, -0.2) is 22.6 Å². The first-order chi connectivity index (χ1) is 12.3. The van der Waals surface area contributed by atoms with Crippen LogP contribution in [0.5, 0.6) is 11.5 Å². The Morgan fingerprint density at radius 2 is 1.96 bits per heavy atom. The Morgan fingerprint density at radius 3 is 2.76 bits per heavy atom. The van der Waals surface area contributed by atoms with E-state index in [0.717, 1.165) is 22.4 Å². The van der Waals surface area contributed by atoms with Crippen LogP contribution in [0.4, 0.5) is 0 Å². The number of rotatable bonds is 1. The molecule has 2 aliphatic heterocycles. The van der Waals surface area contributed by atoms with Crippen LogP contribution in [0.15, 0.2) is 66.0 Å². The molecule has 0 saturated carbocycles. The van der Waals surface area contributed by atoms with Crippen molar-refractivity contribution in [2.24, 2.45) is 10.7 Å². The highest BCUT2D eigenvalue weighted by Gasteiger charge is 2.48. The zero-order valence-electron chi connectivity index (χ0n) is 13.2. The number of fused-ring (bicyclic) bond motifs is 4. The molecule has 2 aromatic heterocycles. The Morgan fingerprint density at radius 1 is 1.04 bits per heavy atom. The third kappa shape index (κ3) is 1.94. The molecule has 0 aliphatic carbocycles. The molecule has 2 N–H and O–H groups in total. The van der Waals surface area contributed by atoms with E-state index in [4.69, 9.17) is 15.2 Å². The Labute approximate surface area is 144 Å². The maximum Gasteiger partial charge on any atom is 0.283 e. The zero-order valence-corrected chi connectivity index (χ0v) is 13.2. The molecule has 3 aromatic rings. The molecule has 6 heteroatoms. The number of nitrogens with zero attached hydrogens (tertiary/aromatic N) is 3. The molecular weight excluding hydrogens is 316 g/mol. The maximum atomic E-state index is 6.23. The molecule has 0 amide bonds. The fourth-order valence-corrected chi connectivity index (χ4v) is 3.42. The monoisotopic (exact) mass is 330 g/mol. The number of aliphatic imine (C=N–C) groups is 1. The summed E-state index contributed by atoms with van der Waals surface area (Å²) in [7, 11) is 0. The largest absolute Gasteiger partial charge is 0.462 e. The molecule has 5 rings (SSSR count). The SMILES string of the molecule is NC1=NC2(CO1)c1ccccc1Oc1c(-c3cccnc3)ccnc12. The fourth-order valence-electron chi connectivity index (χ4n) is 3.42. The van der Waals surface area contributed by atoms with Gasteiger partial charge in [0.15, 0.2) is 11.3 Å². The van der Waals surface area contributed by atoms with Crippen LogP contribution >= 0.6 is 0 Å². The van der Waals surface area contributed by atoms with Gasteiger partial charge in [0.25, 0.3) is 6.02 Å². The van der Waals surface area contributed by atoms with Gasteiger partial charge >= 0.3 is 0 Å². The molecule has 1 atom stereocenters. The van der Waals surface area contributed by atoms with Crippen molar-refractivity contribution < 1.29 is 9.47 Å². The van der Waals surface area contributed by atoms with Crippen molar-refractivity contribution in [2.75, 3.05) is 6.61 Å². The van der Waals surface area contributed by atoms with E-state index in [0.29, 0.717) is 18.1 Å². The second-order valence-electron chi connectivity index (χ2n) is 5.98. The van der Waals surface area contributed by atoms with Gasteiger partial charge in [-0.1, -0.05) is 24.3 Å². The van der Waals surface area contributed by atoms with Crippen molar-refractivity contribution in [3.05, 3.63) is 72.3 Å². The fraction of sp³-hybridized carbons (Fsp3) is 0.105. The summed E-state index contributed by atoms with van der Waals surface area (Å²) in [6, 6.07) is 13.7. The number of pyridine rings is 2. The molecule has 1 unspecified atom stereocenters. The first kappa shape index (κ1) is 14.0. The summed E-state index contributed by atoms with van der Waals surface area (Å²) >= 11 is 0. The minimum Gasteiger partial charge on any atom is -0.462 e. The molecule has 0 bridgehead atoms. The second-order valence-corrected chi connectivity index (χ2v) is 5.98. The van der Waals surface area contributed by atoms with E-state index in [9.17, 15) is 0 Å². The van der Waals surface area contributed by atoms with E-state index >= 15 is 0 Å². The van der Waals surface area contributed by atoms with Crippen molar-refractivity contribution >= 4 is 6.02 Å². The lowest BCUT2D eigenvalue weighted by Crippen LogP contribution is -2.32. The Hall–Kier alpha value is -3.41. The third-order valence-electron chi connectivity index (χ3n) is 4.54. The van der Waals surface area contributed by atoms with E-state index in [-0.39, 0.29) is 6.02 Å². The number of aromatic nitrogens is 2. The molecule has 2 aliphatic rings. The zero-order chi connectivity index (χ0) is 16.9. The number of benzene rings is 1. The predicted molar refractivity (Wildman–Crippen MR) is 92.3 cm³/mol. The number of para-hydroxylation sites is 1. The van der Waals surface area contributed by atoms with Crippen LogP contribution < -0.4 is 10.5 Å². The summed E-state index contributed by atoms with van der Waals surface area (Å²) in [4.78, 5) is 13.4. The lowest BCUT2D eigenvalue weighted by molar-refractivity contribution is 0.260. The van der Waals surface area contributed by atoms with E-state index in [2.05, 4.69) is 15.0 Å². The van der Waals surface area contributed by atoms with E-state index in [1.54, 1.807) is 18.6 Å². The predicted octanol–water partition coefficient (Wildman–Crippen LogP) is 2.84. The van der Waals surface area contributed by atoms with Crippen LogP contribution in [0.2, 0.25) is 0 Å². The van der Waals surface area contributed by atoms with Gasteiger partial charge in [-0.3, -0.25) is 9.97 Å². The van der Waals surface area contributed by atoms with Gasteiger partial charge in [0.1, 0.15) is 18.1 Å². The molecule has 122 valence electrons. The highest BCUT2D eigenvalue weighted by atomic mass is 16.5. The highest BCUT2D eigenvalue weighted by molar-refractivity contribution is 5.79. The van der Waals surface area contributed by atoms with Crippen LogP contribution in [-0.2, 0) is 10.3 Å². The van der Waals surface area contributed by atoms with Gasteiger partial charge in [0.2, 0.25) is 0 Å². The molecule has 0 fully saturated rings. The first-order valence-electron chi connectivity index (χ1n) is 7.93. The van der Waals surface area contributed by atoms with E-state index in [1.165, 1.54) is 0 Å². The van der Waals surface area contributed by atoms with Crippen molar-refractivity contribution in [2.45, 2.75) is 5.54 Å². The van der Waals surface area contributed by atoms with Crippen LogP contribution in [0.1, 0.15) is 11.3 Å². The molecule has 0 radical (unpaired) electrons. The summed E-state index contributed by atoms with van der Waals surface area (Å²) in [5.74, 6) is 1.39. The first-order valence-corrected chi connectivity index (χ1v) is 7.93. The quantitative estimate of drug-likeness (QED) is 0.742. The molecule has 0 saturated heterocycles. The average Bonchev–Trinajstić information content (AvgIpc) is 3.05. The van der Waals surface area contributed by atoms with Gasteiger partial charge in [0, 0.05) is 35.3 Å². The molecule has 25 heavy (non-hydrogen) atoms. The number of ether oxygens (including phenoxy) is 2. The lowest BCUT2D eigenvalue weighted by Gasteiger charge is -2.33. The smallest absolute Gasteiger partial charge is 0.283 e. The van der Waals surface area contributed by atoms with Gasteiger partial charge in [-0.05, 0) is 18.2 Å². The number of amidine groups is 1. The second kappa shape index (κ2) is 5.04. The normalized spacial score (nSPS) is 20.2. The van der Waals surface area contributed by atoms with Gasteiger partial charge in [0.05, 0.1) is 0 Å². The summed E-state index contributed by atoms with van der Waals surface area (Å²) < 4.78 is 11.8. The minimum atomic E-state index is -0.785. The van der Waals surface area contributed by atoms with Crippen molar-refractivity contribution in [3.63, 3.8) is 0 Å². The number of nitrogens with two attached hydrogens (primary N) is 1. The van der Waals surface area contributed by atoms with E-state index in [1.807, 2.05) is 42.5 Å². The molecule has 4 heterocycles. The maximum absolute atomic E-state index is 6.23. The molecule has 6 nitrogen and oxygen atoms in total. The molecule has 1 spiro atoms. The summed E-state index contributed by atoms with van der Waals surface area (Å²) in [5.41, 5.74) is 8.53. The van der Waals surface area contributed by atoms with Crippen molar-refractivity contribution in [1.82, 2.24) is 9.97 Å². The summed E-state index contributed by atoms with van der Waals surface area (Å²) in [5, 5.41) is 0. The van der Waals surface area contributed by atoms with Crippen molar-refractivity contribution in [3.8, 4) is 22.6 Å². The molecular formula is C19H14N4O2. The van der Waals surface area contributed by atoms with Crippen molar-refractivity contribution in [1.29, 1.82) is 0 Å². The standard InChI is InChI=1S/C19H14N4O2/c20-18-23-19(11-24-18)14-5-1-2-6-15(14)25-16-13(7-9-22-17(16)19)12-4-3-8-21-10-12/h1-10H,11H2,(H2,20,23). The summed E-state index contributed by atoms with van der Waals surface area (Å²) in [6.45, 7) is 0.301. The lowest BCUT2D eigenvalue weighted by atomic mass is 9.83. The van der Waals surface area contributed by atoms with Crippen LogP contribution in [0.3, 0.4) is 0 Å². The number of hydrogen-bond acceptors (Lipinski definition) is 6. The van der Waals surface area contributed by atoms with E-state index < -0.39 is 5.54 Å². The Balaban J connectivity index is 1.81. The van der Waals surface area contributed by atoms with Gasteiger partial charge in [-0.15, -0.1) is 0 Å².